The van der Waals surface area contributed by atoms with Crippen molar-refractivity contribution >= 4 is 17.7 Å². The van der Waals surface area contributed by atoms with Gasteiger partial charge in [0.25, 0.3) is 0 Å². The third kappa shape index (κ3) is 6.58. The number of likely N-dealkylation sites (tertiary alicyclic amines) is 1. The third-order valence-corrected chi connectivity index (χ3v) is 7.09. The summed E-state index contributed by atoms with van der Waals surface area (Å²) in [7, 11) is 0. The lowest BCUT2D eigenvalue weighted by molar-refractivity contribution is -0.119. The van der Waals surface area contributed by atoms with Crippen LogP contribution in [0.25, 0.3) is 0 Å². The number of nitrogens with zero attached hydrogens (tertiary/aromatic N) is 1. The van der Waals surface area contributed by atoms with Crippen molar-refractivity contribution in [3.05, 3.63) is 65.7 Å². The van der Waals surface area contributed by atoms with Crippen molar-refractivity contribution in [2.24, 2.45) is 11.7 Å². The molecular weight excluding hydrogens is 428 g/mol. The Kier molecular flexibility index (Phi) is 8.55. The zero-order valence-corrected chi connectivity index (χ0v) is 19.7. The molecule has 1 saturated heterocycles. The van der Waals surface area contributed by atoms with Gasteiger partial charge in [-0.05, 0) is 68.0 Å². The molecule has 1 aliphatic heterocycles. The molecule has 2 aromatic carbocycles. The van der Waals surface area contributed by atoms with Crippen molar-refractivity contribution in [2.45, 2.75) is 63.8 Å². The summed E-state index contributed by atoms with van der Waals surface area (Å²) in [5.74, 6) is -0.162. The van der Waals surface area contributed by atoms with Crippen LogP contribution < -0.4 is 16.4 Å². The molecule has 0 bridgehead atoms. The molecule has 0 aromatic heterocycles. The molecule has 7 heteroatoms. The molecule has 7 nitrogen and oxygen atoms in total. The first kappa shape index (κ1) is 24.2. The van der Waals surface area contributed by atoms with Gasteiger partial charge in [0.15, 0.2) is 0 Å². The van der Waals surface area contributed by atoms with Gasteiger partial charge < -0.3 is 26.0 Å². The van der Waals surface area contributed by atoms with Gasteiger partial charge >= 0.3 is 6.09 Å². The van der Waals surface area contributed by atoms with Crippen LogP contribution in [0, 0.1) is 5.92 Å². The number of anilines is 1. The summed E-state index contributed by atoms with van der Waals surface area (Å²) < 4.78 is 5.43. The maximum absolute atomic E-state index is 13.3. The number of ether oxygens (including phenoxy) is 1. The molecule has 1 saturated carbocycles. The topological polar surface area (TPSA) is 96.7 Å². The molecule has 1 heterocycles. The fraction of sp³-hybridized carbons (Fsp3) is 0.481. The van der Waals surface area contributed by atoms with Gasteiger partial charge in [-0.3, -0.25) is 4.79 Å². The van der Waals surface area contributed by atoms with Crippen LogP contribution in [0.2, 0.25) is 0 Å². The maximum Gasteiger partial charge on any atom is 0.408 e. The highest BCUT2D eigenvalue weighted by atomic mass is 16.5. The minimum absolute atomic E-state index is 0.0552. The van der Waals surface area contributed by atoms with Crippen molar-refractivity contribution in [1.29, 1.82) is 0 Å². The van der Waals surface area contributed by atoms with Crippen LogP contribution in [0.5, 0.6) is 0 Å². The summed E-state index contributed by atoms with van der Waals surface area (Å²) in [6, 6.07) is 17.0. The van der Waals surface area contributed by atoms with Gasteiger partial charge in [0.2, 0.25) is 5.91 Å². The summed E-state index contributed by atoms with van der Waals surface area (Å²) in [6.07, 6.45) is 6.34. The molecule has 2 fully saturated rings. The summed E-state index contributed by atoms with van der Waals surface area (Å²) in [5.41, 5.74) is 8.27. The highest BCUT2D eigenvalue weighted by Crippen LogP contribution is 2.29. The van der Waals surface area contributed by atoms with Gasteiger partial charge in [0.05, 0.1) is 0 Å². The number of alkyl carbamates (subject to hydrolysis) is 1. The second kappa shape index (κ2) is 12.0. The molecule has 0 unspecified atom stereocenters. The van der Waals surface area contributed by atoms with E-state index >= 15 is 0 Å². The number of nitrogens with two attached hydrogens (primary N) is 1. The van der Waals surface area contributed by atoms with E-state index in [1.165, 1.54) is 25.7 Å². The summed E-state index contributed by atoms with van der Waals surface area (Å²) in [6.45, 7) is 2.49. The summed E-state index contributed by atoms with van der Waals surface area (Å²) in [5, 5.41) is 5.85. The Hall–Kier alpha value is -2.90. The standard InChI is InChI=1S/C27H36N4O3/c28-18-21-9-6-10-23(17-21)29-26(32)25(30-27(33)34-19-20-7-2-1-3-8-20)22-13-15-31(16-14-22)24-11-4-5-12-24/h1-3,6-10,17,22,24-25H,4-5,11-16,18-19,28H2,(H,29,32)(H,30,33)/t25-/m1/s1. The van der Waals surface area contributed by atoms with Gasteiger partial charge in [-0.1, -0.05) is 55.3 Å². The van der Waals surface area contributed by atoms with E-state index in [0.717, 1.165) is 37.1 Å². The molecular formula is C27H36N4O3. The number of carbonyl (C=O) groups is 2. The monoisotopic (exact) mass is 464 g/mol. The zero-order valence-electron chi connectivity index (χ0n) is 19.7. The van der Waals surface area contributed by atoms with Gasteiger partial charge in [-0.25, -0.2) is 4.79 Å². The van der Waals surface area contributed by atoms with E-state index in [9.17, 15) is 9.59 Å². The lowest BCUT2D eigenvalue weighted by atomic mass is 9.88. The number of hydrogen-bond acceptors (Lipinski definition) is 5. The number of nitrogens with one attached hydrogen (secondary N) is 2. The molecule has 182 valence electrons. The SMILES string of the molecule is NCc1cccc(NC(=O)[C@H](NC(=O)OCc2ccccc2)C2CCN(C3CCCC3)CC2)c1. The predicted octanol–water partition coefficient (Wildman–Crippen LogP) is 4.03. The van der Waals surface area contributed by atoms with Gasteiger partial charge in [-0.2, -0.15) is 0 Å². The van der Waals surface area contributed by atoms with Crippen molar-refractivity contribution in [3.8, 4) is 0 Å². The largest absolute Gasteiger partial charge is 0.445 e. The van der Waals surface area contributed by atoms with E-state index < -0.39 is 12.1 Å². The van der Waals surface area contributed by atoms with Crippen LogP contribution in [0.1, 0.15) is 49.7 Å². The smallest absolute Gasteiger partial charge is 0.408 e. The van der Waals surface area contributed by atoms with Crippen LogP contribution in [0.15, 0.2) is 54.6 Å². The molecule has 4 N–H and O–H groups in total. The van der Waals surface area contributed by atoms with Crippen molar-refractivity contribution < 1.29 is 14.3 Å². The normalized spacial score (nSPS) is 18.4. The minimum atomic E-state index is -0.657. The molecule has 2 aromatic rings. The Morgan fingerprint density at radius 2 is 1.68 bits per heavy atom. The van der Waals surface area contributed by atoms with Crippen LogP contribution >= 0.6 is 0 Å². The summed E-state index contributed by atoms with van der Waals surface area (Å²) in [4.78, 5) is 28.6. The predicted molar refractivity (Wildman–Crippen MR) is 133 cm³/mol. The Balaban J connectivity index is 1.40. The summed E-state index contributed by atoms with van der Waals surface area (Å²) >= 11 is 0. The molecule has 1 atom stereocenters. The first-order valence-electron chi connectivity index (χ1n) is 12.4. The number of amides is 2. The fourth-order valence-corrected chi connectivity index (χ4v) is 5.17. The first-order chi connectivity index (χ1) is 16.6. The van der Waals surface area contributed by atoms with E-state index in [1.54, 1.807) is 0 Å². The van der Waals surface area contributed by atoms with Crippen LogP contribution in [-0.2, 0) is 22.7 Å². The number of piperidine rings is 1. The highest BCUT2D eigenvalue weighted by Gasteiger charge is 2.35. The highest BCUT2D eigenvalue weighted by molar-refractivity contribution is 5.96. The Morgan fingerprint density at radius 1 is 0.971 bits per heavy atom. The van der Waals surface area contributed by atoms with Crippen molar-refractivity contribution in [3.63, 3.8) is 0 Å². The maximum atomic E-state index is 13.3. The molecule has 1 aliphatic carbocycles. The number of benzene rings is 2. The van der Waals surface area contributed by atoms with E-state index in [0.29, 0.717) is 18.3 Å². The van der Waals surface area contributed by atoms with E-state index in [1.807, 2.05) is 54.6 Å². The van der Waals surface area contributed by atoms with Crippen molar-refractivity contribution in [2.75, 3.05) is 18.4 Å². The van der Waals surface area contributed by atoms with Crippen LogP contribution in [-0.4, -0.2) is 42.1 Å². The lowest BCUT2D eigenvalue weighted by Crippen LogP contribution is -2.52. The van der Waals surface area contributed by atoms with E-state index in [-0.39, 0.29) is 18.4 Å². The minimum Gasteiger partial charge on any atom is -0.445 e. The molecule has 2 aliphatic rings. The fourth-order valence-electron chi connectivity index (χ4n) is 5.17. The molecule has 2 amide bonds. The van der Waals surface area contributed by atoms with E-state index in [2.05, 4.69) is 15.5 Å². The second-order valence-corrected chi connectivity index (χ2v) is 9.39. The van der Waals surface area contributed by atoms with Gasteiger partial charge in [0.1, 0.15) is 12.6 Å². The number of rotatable bonds is 8. The second-order valence-electron chi connectivity index (χ2n) is 9.39. The zero-order chi connectivity index (χ0) is 23.8. The number of hydrogen-bond donors (Lipinski definition) is 3. The molecule has 0 radical (unpaired) electrons. The quantitative estimate of drug-likeness (QED) is 0.548. The van der Waals surface area contributed by atoms with E-state index in [4.69, 9.17) is 10.5 Å². The van der Waals surface area contributed by atoms with Crippen LogP contribution in [0.4, 0.5) is 10.5 Å². The Bertz CT molecular complexity index is 938. The van der Waals surface area contributed by atoms with Crippen LogP contribution in [0.3, 0.4) is 0 Å². The number of carbonyl (C=O) groups excluding carboxylic acids is 2. The lowest BCUT2D eigenvalue weighted by Gasteiger charge is -2.38. The molecule has 0 spiro atoms. The third-order valence-electron chi connectivity index (χ3n) is 7.09. The Labute approximate surface area is 202 Å². The van der Waals surface area contributed by atoms with Gasteiger partial charge in [-0.15, -0.1) is 0 Å². The average molecular weight is 465 g/mol. The molecule has 34 heavy (non-hydrogen) atoms. The molecule has 4 rings (SSSR count). The van der Waals surface area contributed by atoms with Gasteiger partial charge in [0, 0.05) is 18.3 Å². The van der Waals surface area contributed by atoms with Crippen molar-refractivity contribution in [1.82, 2.24) is 10.2 Å². The Morgan fingerprint density at radius 3 is 2.38 bits per heavy atom. The average Bonchev–Trinajstić information content (AvgIpc) is 3.42. The first-order valence-corrected chi connectivity index (χ1v) is 12.4.